The van der Waals surface area contributed by atoms with Gasteiger partial charge in [-0.25, -0.2) is 0 Å². The van der Waals surface area contributed by atoms with Crippen LogP contribution < -0.4 is 11.2 Å². The van der Waals surface area contributed by atoms with Crippen LogP contribution in [0.4, 0.5) is 0 Å². The maximum atomic E-state index is 11.6. The number of amides is 1. The summed E-state index contributed by atoms with van der Waals surface area (Å²) in [5.74, 6) is 0.182. The van der Waals surface area contributed by atoms with Crippen molar-refractivity contribution >= 4 is 17.2 Å². The van der Waals surface area contributed by atoms with Crippen LogP contribution in [0.2, 0.25) is 0 Å². The van der Waals surface area contributed by atoms with Gasteiger partial charge in [0.1, 0.15) is 27.4 Å². The number of nitrogens with two attached hydrogens (primary N) is 1. The molecule has 1 fully saturated rings. The quantitative estimate of drug-likeness (QED) is 0.700. The number of hydroxylamine groups is 1. The first kappa shape index (κ1) is 18.1. The second-order valence-electron chi connectivity index (χ2n) is 7.23. The highest BCUT2D eigenvalue weighted by Gasteiger charge is 2.50. The Labute approximate surface area is 161 Å². The largest absolute Gasteiger partial charge is 0.386 e. The molecule has 0 radical (unpaired) electrons. The zero-order chi connectivity index (χ0) is 19.0. The molecule has 1 aromatic carbocycles. The van der Waals surface area contributed by atoms with E-state index < -0.39 is 17.6 Å². The molecule has 1 aliphatic heterocycles. The van der Waals surface area contributed by atoms with Gasteiger partial charge in [0.05, 0.1) is 0 Å². The van der Waals surface area contributed by atoms with Crippen LogP contribution in [0.25, 0.3) is 0 Å². The molecule has 7 nitrogen and oxygen atoms in total. The van der Waals surface area contributed by atoms with E-state index in [9.17, 15) is 9.90 Å². The number of aromatic nitrogens is 2. The van der Waals surface area contributed by atoms with Gasteiger partial charge in [0.15, 0.2) is 0 Å². The van der Waals surface area contributed by atoms with Gasteiger partial charge in [-0.15, -0.1) is 10.2 Å². The number of nitrogens with zero attached hydrogens (tertiary/aromatic N) is 2. The summed E-state index contributed by atoms with van der Waals surface area (Å²) in [5, 5.41) is 19.4. The third-order valence-corrected chi connectivity index (χ3v) is 6.44. The van der Waals surface area contributed by atoms with E-state index in [1.54, 1.807) is 6.92 Å². The number of nitrogens with one attached hydrogen (secondary N) is 1. The fourth-order valence-electron chi connectivity index (χ4n) is 3.83. The number of benzene rings is 1. The number of aliphatic hydroxyl groups excluding tert-OH is 1. The third-order valence-electron chi connectivity index (χ3n) is 5.32. The van der Waals surface area contributed by atoms with Crippen LogP contribution in [0, 0.1) is 11.8 Å². The molecule has 8 heteroatoms. The van der Waals surface area contributed by atoms with Gasteiger partial charge in [-0.05, 0) is 43.2 Å². The first-order valence-electron chi connectivity index (χ1n) is 9.00. The summed E-state index contributed by atoms with van der Waals surface area (Å²) < 4.78 is 0. The Kier molecular flexibility index (Phi) is 4.71. The summed E-state index contributed by atoms with van der Waals surface area (Å²) in [4.78, 5) is 17.5. The summed E-state index contributed by atoms with van der Waals surface area (Å²) in [6.45, 7) is 1.69. The van der Waals surface area contributed by atoms with Crippen molar-refractivity contribution in [3.05, 3.63) is 57.7 Å². The Morgan fingerprint density at radius 1 is 1.41 bits per heavy atom. The monoisotopic (exact) mass is 386 g/mol. The van der Waals surface area contributed by atoms with Gasteiger partial charge in [0, 0.05) is 6.42 Å². The van der Waals surface area contributed by atoms with Crippen LogP contribution in [0.1, 0.15) is 41.4 Å². The normalized spacial score (nSPS) is 28.1. The van der Waals surface area contributed by atoms with Crippen molar-refractivity contribution in [3.8, 4) is 0 Å². The number of hydrogen-bond donors (Lipinski definition) is 3. The Morgan fingerprint density at radius 2 is 2.15 bits per heavy atom. The maximum absolute atomic E-state index is 11.6. The molecule has 2 aromatic rings. The van der Waals surface area contributed by atoms with Crippen molar-refractivity contribution in [2.45, 2.75) is 37.9 Å². The smallest absolute Gasteiger partial charge is 0.266 e. The molecule has 142 valence electrons. The van der Waals surface area contributed by atoms with Crippen LogP contribution in [-0.4, -0.2) is 21.2 Å². The van der Waals surface area contributed by atoms with Gasteiger partial charge in [-0.2, -0.15) is 0 Å². The van der Waals surface area contributed by atoms with E-state index in [-0.39, 0.29) is 5.92 Å². The number of carbonyl (C=O) groups excluding carboxylic acids is 1. The Hall–Kier alpha value is -2.29. The van der Waals surface area contributed by atoms with Crippen LogP contribution in [0.15, 0.2) is 42.1 Å². The molecule has 4 N–H and O–H groups in total. The van der Waals surface area contributed by atoms with Crippen molar-refractivity contribution in [2.75, 3.05) is 0 Å². The van der Waals surface area contributed by atoms with E-state index in [0.717, 1.165) is 29.8 Å². The Balaban J connectivity index is 1.50. The van der Waals surface area contributed by atoms with Crippen molar-refractivity contribution in [2.24, 2.45) is 17.6 Å². The van der Waals surface area contributed by atoms with Crippen LogP contribution in [-0.2, 0) is 21.7 Å². The minimum atomic E-state index is -0.686. The molecule has 2 heterocycles. The van der Waals surface area contributed by atoms with Crippen molar-refractivity contribution in [1.82, 2.24) is 15.7 Å². The highest BCUT2D eigenvalue weighted by atomic mass is 32.1. The van der Waals surface area contributed by atoms with Gasteiger partial charge >= 0.3 is 0 Å². The van der Waals surface area contributed by atoms with E-state index in [2.05, 4.69) is 15.7 Å². The number of carbonyl (C=O) groups is 1. The molecule has 1 amide bonds. The minimum absolute atomic E-state index is 0.235. The molecule has 1 unspecified atom stereocenters. The van der Waals surface area contributed by atoms with Gasteiger partial charge < -0.3 is 10.8 Å². The lowest BCUT2D eigenvalue weighted by Crippen LogP contribution is -2.43. The Morgan fingerprint density at radius 3 is 2.74 bits per heavy atom. The first-order valence-corrected chi connectivity index (χ1v) is 9.82. The fraction of sp³-hybridized carbons (Fsp3) is 0.421. The lowest BCUT2D eigenvalue weighted by molar-refractivity contribution is -0.124. The SMILES string of the molecule is C[C@H](O)c1nnc(CC2CC(C3(c4ccccc4)C=C(C(N)=O)NO3)C2)s1. The number of aliphatic hydroxyl groups is 1. The minimum Gasteiger partial charge on any atom is -0.386 e. The maximum Gasteiger partial charge on any atom is 0.266 e. The van der Waals surface area contributed by atoms with E-state index in [1.807, 2.05) is 36.4 Å². The number of hydrogen-bond acceptors (Lipinski definition) is 7. The van der Waals surface area contributed by atoms with Gasteiger partial charge in [-0.1, -0.05) is 41.7 Å². The molecule has 1 aliphatic carbocycles. The predicted molar refractivity (Wildman–Crippen MR) is 100 cm³/mol. The van der Waals surface area contributed by atoms with Gasteiger partial charge in [0.25, 0.3) is 5.91 Å². The number of primary amides is 1. The van der Waals surface area contributed by atoms with E-state index in [1.165, 1.54) is 11.3 Å². The predicted octanol–water partition coefficient (Wildman–Crippen LogP) is 1.96. The van der Waals surface area contributed by atoms with E-state index >= 15 is 0 Å². The Bertz CT molecular complexity index is 861. The average Bonchev–Trinajstić information content (AvgIpc) is 3.27. The molecule has 4 rings (SSSR count). The van der Waals surface area contributed by atoms with Crippen LogP contribution >= 0.6 is 11.3 Å². The summed E-state index contributed by atoms with van der Waals surface area (Å²) >= 11 is 1.46. The zero-order valence-electron chi connectivity index (χ0n) is 15.0. The second kappa shape index (κ2) is 7.03. The summed E-state index contributed by atoms with van der Waals surface area (Å²) in [7, 11) is 0. The molecule has 27 heavy (non-hydrogen) atoms. The molecule has 0 saturated heterocycles. The second-order valence-corrected chi connectivity index (χ2v) is 8.33. The molecule has 2 aliphatic rings. The molecular formula is C19H22N4O3S. The van der Waals surface area contributed by atoms with Crippen LogP contribution in [0.5, 0.6) is 0 Å². The highest BCUT2D eigenvalue weighted by Crippen LogP contribution is 2.51. The van der Waals surface area contributed by atoms with Crippen molar-refractivity contribution < 1.29 is 14.7 Å². The van der Waals surface area contributed by atoms with Crippen molar-refractivity contribution in [1.29, 1.82) is 0 Å². The zero-order valence-corrected chi connectivity index (χ0v) is 15.8. The molecule has 1 aromatic heterocycles. The summed E-state index contributed by atoms with van der Waals surface area (Å²) in [5.41, 5.74) is 8.76. The lowest BCUT2D eigenvalue weighted by Gasteiger charge is -2.45. The van der Waals surface area contributed by atoms with E-state index in [4.69, 9.17) is 10.6 Å². The first-order chi connectivity index (χ1) is 13.0. The highest BCUT2D eigenvalue weighted by molar-refractivity contribution is 7.11. The fourth-order valence-corrected chi connectivity index (χ4v) is 4.72. The summed E-state index contributed by atoms with van der Waals surface area (Å²) in [6, 6.07) is 9.90. The molecule has 1 saturated carbocycles. The molecule has 0 spiro atoms. The average molecular weight is 386 g/mol. The van der Waals surface area contributed by atoms with Crippen LogP contribution in [0.3, 0.4) is 0 Å². The molecular weight excluding hydrogens is 364 g/mol. The number of rotatable bonds is 6. The summed E-state index contributed by atoms with van der Waals surface area (Å²) in [6.07, 6.45) is 3.97. The lowest BCUT2D eigenvalue weighted by atomic mass is 9.63. The standard InChI is InChI=1S/C19H22N4O3S/c1-11(24)18-22-21-16(27-18)9-12-7-14(8-12)19(13-5-3-2-4-6-13)10-15(17(20)25)23-26-19/h2-6,10-12,14,23-24H,7-9H2,1H3,(H2,20,25)/t11-,12?,14?,19?/m0/s1. The topological polar surface area (TPSA) is 110 Å². The molecule has 0 bridgehead atoms. The van der Waals surface area contributed by atoms with E-state index in [0.29, 0.717) is 16.6 Å². The molecule has 2 atom stereocenters. The van der Waals surface area contributed by atoms with Gasteiger partial charge in [0.2, 0.25) is 0 Å². The van der Waals surface area contributed by atoms with Crippen molar-refractivity contribution in [3.63, 3.8) is 0 Å². The third kappa shape index (κ3) is 3.36. The van der Waals surface area contributed by atoms with Gasteiger partial charge in [-0.3, -0.25) is 15.1 Å².